The summed E-state index contributed by atoms with van der Waals surface area (Å²) in [5.41, 5.74) is 0.486. The molecule has 138 valence electrons. The highest BCUT2D eigenvalue weighted by molar-refractivity contribution is 9.10. The summed E-state index contributed by atoms with van der Waals surface area (Å²) in [6, 6.07) is 11.6. The lowest BCUT2D eigenvalue weighted by Crippen LogP contribution is -2.19. The highest BCUT2D eigenvalue weighted by Crippen LogP contribution is 2.33. The number of likely N-dealkylation sites (N-methyl/N-ethyl adjacent to an activating group) is 1. The Morgan fingerprint density at radius 1 is 1.15 bits per heavy atom. The van der Waals surface area contributed by atoms with Gasteiger partial charge in [-0.15, -0.1) is 0 Å². The van der Waals surface area contributed by atoms with Crippen LogP contribution in [0.5, 0.6) is 5.75 Å². The summed E-state index contributed by atoms with van der Waals surface area (Å²) in [7, 11) is 0.125. The highest BCUT2D eigenvalue weighted by atomic mass is 79.9. The van der Waals surface area contributed by atoms with Crippen LogP contribution in [0.2, 0.25) is 5.02 Å². The molecule has 2 aromatic carbocycles. The van der Waals surface area contributed by atoms with Gasteiger partial charge in [-0.25, -0.2) is 12.4 Å². The van der Waals surface area contributed by atoms with E-state index in [1.54, 1.807) is 42.5 Å². The molecule has 3 aromatic rings. The van der Waals surface area contributed by atoms with E-state index in [4.69, 9.17) is 16.3 Å². The molecule has 0 aliphatic rings. The van der Waals surface area contributed by atoms with E-state index in [0.29, 0.717) is 28.3 Å². The number of ether oxygens (including phenoxy) is 1. The number of hydrogen-bond acceptors (Lipinski definition) is 4. The Morgan fingerprint density at radius 3 is 2.50 bits per heavy atom. The van der Waals surface area contributed by atoms with Crippen LogP contribution in [0.25, 0.3) is 10.9 Å². The van der Waals surface area contributed by atoms with E-state index < -0.39 is 10.0 Å². The van der Waals surface area contributed by atoms with E-state index in [1.165, 1.54) is 10.2 Å². The molecule has 0 amide bonds. The SMILES string of the molecule is CN(C)CCOc1cn(S(=O)(=O)c2ccc(Br)cc2)c2cc(Cl)ccc12. The fraction of sp³-hybridized carbons (Fsp3) is 0.222. The van der Waals surface area contributed by atoms with Crippen LogP contribution in [0.15, 0.2) is 58.0 Å². The molecule has 0 bridgehead atoms. The molecule has 0 aliphatic carbocycles. The Hall–Kier alpha value is -1.54. The summed E-state index contributed by atoms with van der Waals surface area (Å²) in [5, 5.41) is 1.16. The second-order valence-corrected chi connectivity index (χ2v) is 9.23. The topological polar surface area (TPSA) is 51.5 Å². The van der Waals surface area contributed by atoms with E-state index >= 15 is 0 Å². The van der Waals surface area contributed by atoms with Crippen LogP contribution in [0.4, 0.5) is 0 Å². The van der Waals surface area contributed by atoms with Crippen molar-refractivity contribution in [2.24, 2.45) is 0 Å². The minimum absolute atomic E-state index is 0.192. The first-order valence-electron chi connectivity index (χ1n) is 7.88. The molecule has 0 fully saturated rings. The Bertz CT molecular complexity index is 1030. The minimum atomic E-state index is -3.77. The molecule has 0 spiro atoms. The van der Waals surface area contributed by atoms with Crippen LogP contribution in [0, 0.1) is 0 Å². The zero-order valence-corrected chi connectivity index (χ0v) is 17.5. The summed E-state index contributed by atoms with van der Waals surface area (Å²) in [4.78, 5) is 2.19. The normalized spacial score (nSPS) is 12.0. The van der Waals surface area contributed by atoms with E-state index in [-0.39, 0.29) is 4.90 Å². The number of aromatic nitrogens is 1. The molecule has 0 N–H and O–H groups in total. The number of benzene rings is 2. The van der Waals surface area contributed by atoms with Gasteiger partial charge in [0.05, 0.1) is 16.6 Å². The summed E-state index contributed by atoms with van der Waals surface area (Å²) < 4.78 is 34.1. The van der Waals surface area contributed by atoms with Gasteiger partial charge in [-0.1, -0.05) is 27.5 Å². The molecular formula is C18H18BrClN2O3S. The summed E-state index contributed by atoms with van der Waals surface area (Å²) in [5.74, 6) is 0.513. The largest absolute Gasteiger partial charge is 0.490 e. The summed E-state index contributed by atoms with van der Waals surface area (Å²) in [6.45, 7) is 1.17. The second-order valence-electron chi connectivity index (χ2n) is 6.06. The van der Waals surface area contributed by atoms with E-state index in [1.807, 2.05) is 19.0 Å². The maximum absolute atomic E-state index is 13.1. The predicted molar refractivity (Wildman–Crippen MR) is 108 cm³/mol. The van der Waals surface area contributed by atoms with Gasteiger partial charge in [-0.05, 0) is 56.6 Å². The summed E-state index contributed by atoms with van der Waals surface area (Å²) >= 11 is 9.42. The highest BCUT2D eigenvalue weighted by Gasteiger charge is 2.22. The van der Waals surface area contributed by atoms with Crippen LogP contribution in [-0.2, 0) is 10.0 Å². The van der Waals surface area contributed by atoms with Gasteiger partial charge in [0, 0.05) is 21.4 Å². The van der Waals surface area contributed by atoms with Crippen LogP contribution >= 0.6 is 27.5 Å². The monoisotopic (exact) mass is 456 g/mol. The molecule has 0 atom stereocenters. The van der Waals surface area contributed by atoms with Crippen molar-refractivity contribution in [1.29, 1.82) is 0 Å². The quantitative estimate of drug-likeness (QED) is 0.556. The standard InChI is InChI=1S/C18H18BrClN2O3S/c1-21(2)9-10-25-18-12-22(17-11-14(20)5-8-16(17)18)26(23,24)15-6-3-13(19)4-7-15/h3-8,11-12H,9-10H2,1-2H3. The molecule has 1 heterocycles. The van der Waals surface area contributed by atoms with Gasteiger partial charge in [0.25, 0.3) is 10.0 Å². The third-order valence-corrected chi connectivity index (χ3v) is 6.32. The fourth-order valence-corrected chi connectivity index (χ4v) is 4.30. The van der Waals surface area contributed by atoms with E-state index in [2.05, 4.69) is 15.9 Å². The summed E-state index contributed by atoms with van der Waals surface area (Å²) in [6.07, 6.45) is 1.51. The molecule has 3 rings (SSSR count). The van der Waals surface area contributed by atoms with Gasteiger partial charge >= 0.3 is 0 Å². The van der Waals surface area contributed by atoms with Crippen LogP contribution in [0.3, 0.4) is 0 Å². The second kappa shape index (κ2) is 7.60. The molecule has 26 heavy (non-hydrogen) atoms. The van der Waals surface area contributed by atoms with Crippen LogP contribution < -0.4 is 4.74 Å². The van der Waals surface area contributed by atoms with Crippen molar-refractivity contribution < 1.29 is 13.2 Å². The lowest BCUT2D eigenvalue weighted by atomic mass is 10.2. The lowest BCUT2D eigenvalue weighted by molar-refractivity contribution is 0.263. The molecule has 0 radical (unpaired) electrons. The smallest absolute Gasteiger partial charge is 0.268 e. The number of rotatable bonds is 6. The van der Waals surface area contributed by atoms with Crippen molar-refractivity contribution in [1.82, 2.24) is 8.87 Å². The first kappa shape index (κ1) is 19.2. The molecule has 0 aliphatic heterocycles. The maximum atomic E-state index is 13.1. The van der Waals surface area contributed by atoms with Crippen LogP contribution in [-0.4, -0.2) is 44.5 Å². The zero-order valence-electron chi connectivity index (χ0n) is 14.3. The van der Waals surface area contributed by atoms with Crippen molar-refractivity contribution in [3.63, 3.8) is 0 Å². The van der Waals surface area contributed by atoms with Crippen molar-refractivity contribution >= 4 is 48.5 Å². The van der Waals surface area contributed by atoms with Crippen molar-refractivity contribution in [3.8, 4) is 5.75 Å². The number of nitrogens with zero attached hydrogens (tertiary/aromatic N) is 2. The lowest BCUT2D eigenvalue weighted by Gasteiger charge is -2.10. The van der Waals surface area contributed by atoms with Gasteiger partial charge in [0.1, 0.15) is 12.4 Å². The van der Waals surface area contributed by atoms with Gasteiger partial charge < -0.3 is 9.64 Å². The first-order valence-corrected chi connectivity index (χ1v) is 10.5. The third kappa shape index (κ3) is 3.91. The first-order chi connectivity index (χ1) is 12.3. The van der Waals surface area contributed by atoms with Gasteiger partial charge in [0.2, 0.25) is 0 Å². The molecular weight excluding hydrogens is 440 g/mol. The van der Waals surface area contributed by atoms with Gasteiger partial charge in [-0.2, -0.15) is 0 Å². The fourth-order valence-electron chi connectivity index (χ4n) is 2.51. The molecule has 5 nitrogen and oxygen atoms in total. The molecule has 0 saturated heterocycles. The average Bonchev–Trinajstić information content (AvgIpc) is 2.93. The Kier molecular flexibility index (Phi) is 5.62. The van der Waals surface area contributed by atoms with E-state index in [0.717, 1.165) is 11.0 Å². The maximum Gasteiger partial charge on any atom is 0.268 e. The third-order valence-electron chi connectivity index (χ3n) is 3.86. The molecule has 0 saturated carbocycles. The zero-order chi connectivity index (χ0) is 18.9. The molecule has 0 unspecified atom stereocenters. The van der Waals surface area contributed by atoms with Crippen LogP contribution in [0.1, 0.15) is 0 Å². The Morgan fingerprint density at radius 2 is 1.85 bits per heavy atom. The molecule has 1 aromatic heterocycles. The Labute approximate surface area is 166 Å². The average molecular weight is 458 g/mol. The van der Waals surface area contributed by atoms with Crippen molar-refractivity contribution in [2.75, 3.05) is 27.2 Å². The predicted octanol–water partition coefficient (Wildman–Crippen LogP) is 4.23. The van der Waals surface area contributed by atoms with E-state index in [9.17, 15) is 8.42 Å². The van der Waals surface area contributed by atoms with Crippen molar-refractivity contribution in [3.05, 3.63) is 58.2 Å². The van der Waals surface area contributed by atoms with Gasteiger partial charge in [0.15, 0.2) is 0 Å². The molecule has 8 heteroatoms. The van der Waals surface area contributed by atoms with Gasteiger partial charge in [-0.3, -0.25) is 0 Å². The number of halogens is 2. The van der Waals surface area contributed by atoms with Crippen molar-refractivity contribution in [2.45, 2.75) is 4.90 Å². The number of fused-ring (bicyclic) bond motifs is 1. The number of hydrogen-bond donors (Lipinski definition) is 0. The Balaban J connectivity index is 2.10. The minimum Gasteiger partial charge on any atom is -0.490 e.